The number of unbranched alkanes of at least 4 members (excludes halogenated alkanes) is 1. The van der Waals surface area contributed by atoms with Gasteiger partial charge in [-0.2, -0.15) is 0 Å². The van der Waals surface area contributed by atoms with Crippen LogP contribution in [0.2, 0.25) is 0 Å². The van der Waals surface area contributed by atoms with Gasteiger partial charge in [0.1, 0.15) is 11.6 Å². The number of anilines is 1. The average molecular weight is 522 g/mol. The van der Waals surface area contributed by atoms with Gasteiger partial charge in [-0.05, 0) is 24.5 Å². The lowest BCUT2D eigenvalue weighted by molar-refractivity contribution is -0.151. The van der Waals surface area contributed by atoms with Crippen molar-refractivity contribution in [2.24, 2.45) is 17.8 Å². The molecule has 0 aromatic heterocycles. The highest BCUT2D eigenvalue weighted by atomic mass is 16.5. The van der Waals surface area contributed by atoms with Crippen molar-refractivity contribution in [1.29, 1.82) is 0 Å². The molecule has 1 N–H and O–H groups in total. The van der Waals surface area contributed by atoms with E-state index in [-0.39, 0.29) is 30.2 Å². The lowest BCUT2D eigenvalue weighted by atomic mass is 9.77. The maximum Gasteiger partial charge on any atom is 0.249 e. The van der Waals surface area contributed by atoms with Crippen molar-refractivity contribution in [3.05, 3.63) is 54.6 Å². The molecule has 8 nitrogen and oxygen atoms in total. The van der Waals surface area contributed by atoms with Gasteiger partial charge in [-0.15, -0.1) is 0 Å². The summed E-state index contributed by atoms with van der Waals surface area (Å²) in [6.07, 6.45) is 9.49. The molecule has 4 aliphatic heterocycles. The summed E-state index contributed by atoms with van der Waals surface area (Å²) in [5, 5.41) is 10.5. The quantitative estimate of drug-likeness (QED) is 0.532. The number of aliphatic hydroxyl groups is 1. The van der Waals surface area contributed by atoms with Crippen molar-refractivity contribution < 1.29 is 24.2 Å². The van der Waals surface area contributed by atoms with Crippen LogP contribution in [-0.2, 0) is 19.1 Å². The van der Waals surface area contributed by atoms with E-state index in [4.69, 9.17) is 4.74 Å². The number of ether oxygens (including phenoxy) is 1. The Hall–Kier alpha value is -2.97. The molecule has 8 heteroatoms. The zero-order valence-electron chi connectivity index (χ0n) is 22.5. The van der Waals surface area contributed by atoms with E-state index in [1.165, 1.54) is 0 Å². The number of hydrogen-bond acceptors (Lipinski definition) is 5. The van der Waals surface area contributed by atoms with Crippen molar-refractivity contribution in [3.63, 3.8) is 0 Å². The number of aliphatic hydroxyl groups excluding tert-OH is 1. The molecule has 1 aromatic rings. The number of fused-ring (bicyclic) bond motifs is 2. The molecular formula is C30H39N3O5. The Balaban J connectivity index is 1.62. The largest absolute Gasteiger partial charge is 0.394 e. The van der Waals surface area contributed by atoms with Crippen LogP contribution in [0.25, 0.3) is 0 Å². The van der Waals surface area contributed by atoms with E-state index < -0.39 is 35.6 Å². The lowest BCUT2D eigenvalue weighted by Crippen LogP contribution is -2.59. The normalized spacial score (nSPS) is 32.1. The van der Waals surface area contributed by atoms with Gasteiger partial charge in [0.05, 0.1) is 30.6 Å². The monoisotopic (exact) mass is 521 g/mol. The Morgan fingerprint density at radius 1 is 1.05 bits per heavy atom. The van der Waals surface area contributed by atoms with Gasteiger partial charge in [0.2, 0.25) is 17.7 Å². The van der Waals surface area contributed by atoms with Crippen LogP contribution in [0.3, 0.4) is 0 Å². The van der Waals surface area contributed by atoms with E-state index in [1.54, 1.807) is 14.7 Å². The molecule has 4 heterocycles. The molecule has 0 aliphatic carbocycles. The number of hydrogen-bond donors (Lipinski definition) is 1. The number of nitrogens with zero attached hydrogens (tertiary/aromatic N) is 3. The number of rotatable bonds is 8. The van der Waals surface area contributed by atoms with Gasteiger partial charge in [-0.3, -0.25) is 14.4 Å². The Labute approximate surface area is 224 Å². The predicted molar refractivity (Wildman–Crippen MR) is 144 cm³/mol. The summed E-state index contributed by atoms with van der Waals surface area (Å²) in [5.74, 6) is -2.31. The molecule has 3 amide bonds. The van der Waals surface area contributed by atoms with Crippen molar-refractivity contribution in [3.8, 4) is 0 Å². The molecule has 0 saturated carbocycles. The number of likely N-dealkylation sites (tertiary alicyclic amines) is 1. The second-order valence-corrected chi connectivity index (χ2v) is 11.0. The first kappa shape index (κ1) is 26.6. The van der Waals surface area contributed by atoms with Gasteiger partial charge in [0.15, 0.2) is 0 Å². The van der Waals surface area contributed by atoms with E-state index in [0.29, 0.717) is 19.6 Å². The summed E-state index contributed by atoms with van der Waals surface area (Å²) in [7, 11) is 0. The Kier molecular flexibility index (Phi) is 7.47. The van der Waals surface area contributed by atoms with Crippen LogP contribution >= 0.6 is 0 Å². The average Bonchev–Trinajstić information content (AvgIpc) is 3.25. The van der Waals surface area contributed by atoms with E-state index in [1.807, 2.05) is 68.5 Å². The highest BCUT2D eigenvalue weighted by Gasteiger charge is 2.72. The van der Waals surface area contributed by atoms with Crippen LogP contribution in [0.15, 0.2) is 54.6 Å². The number of carbonyl (C=O) groups is 3. The highest BCUT2D eigenvalue weighted by Crippen LogP contribution is 2.54. The van der Waals surface area contributed by atoms with Crippen molar-refractivity contribution in [1.82, 2.24) is 9.80 Å². The van der Waals surface area contributed by atoms with Gasteiger partial charge in [0, 0.05) is 25.3 Å². The summed E-state index contributed by atoms with van der Waals surface area (Å²) >= 11 is 0. The Morgan fingerprint density at radius 2 is 1.82 bits per heavy atom. The molecular weight excluding hydrogens is 482 g/mol. The highest BCUT2D eigenvalue weighted by molar-refractivity contribution is 6.04. The maximum atomic E-state index is 14.4. The third-order valence-corrected chi connectivity index (χ3v) is 8.87. The van der Waals surface area contributed by atoms with E-state index in [9.17, 15) is 19.5 Å². The van der Waals surface area contributed by atoms with E-state index in [0.717, 1.165) is 24.9 Å². The van der Waals surface area contributed by atoms with Crippen LogP contribution in [0, 0.1) is 17.8 Å². The summed E-state index contributed by atoms with van der Waals surface area (Å²) in [5.41, 5.74) is -0.515. The van der Waals surface area contributed by atoms with E-state index >= 15 is 0 Å². The first-order valence-electron chi connectivity index (χ1n) is 14.0. The number of para-hydroxylation sites is 1. The van der Waals surface area contributed by atoms with Crippen LogP contribution in [0.1, 0.15) is 40.0 Å². The first-order valence-corrected chi connectivity index (χ1v) is 14.0. The molecule has 204 valence electrons. The second-order valence-electron chi connectivity index (χ2n) is 11.0. The van der Waals surface area contributed by atoms with Crippen LogP contribution in [0.5, 0.6) is 0 Å². The summed E-state index contributed by atoms with van der Waals surface area (Å²) in [4.78, 5) is 47.9. The topological polar surface area (TPSA) is 90.4 Å². The third-order valence-electron chi connectivity index (χ3n) is 8.87. The van der Waals surface area contributed by atoms with Gasteiger partial charge < -0.3 is 24.5 Å². The van der Waals surface area contributed by atoms with E-state index in [2.05, 4.69) is 6.92 Å². The fourth-order valence-corrected chi connectivity index (χ4v) is 6.68. The molecule has 2 fully saturated rings. The molecule has 2 saturated heterocycles. The van der Waals surface area contributed by atoms with Gasteiger partial charge in [-0.1, -0.05) is 76.1 Å². The molecule has 38 heavy (non-hydrogen) atoms. The fraction of sp³-hybridized carbons (Fsp3) is 0.567. The molecule has 7 atom stereocenters. The zero-order valence-corrected chi connectivity index (χ0v) is 22.5. The Morgan fingerprint density at radius 3 is 2.50 bits per heavy atom. The molecule has 5 rings (SSSR count). The Bertz CT molecular complexity index is 1120. The molecule has 1 spiro atoms. The van der Waals surface area contributed by atoms with Crippen molar-refractivity contribution in [2.45, 2.75) is 63.8 Å². The zero-order chi connectivity index (χ0) is 27.0. The lowest BCUT2D eigenvalue weighted by Gasteiger charge is -2.40. The SMILES string of the molecule is CCCCN1CC=C[C@]23O[C@@H]4C=CCN(c5ccccc5)C(=O)[C@@H]4[C@H]2C(=O)N([C@@H](CO)[C@@H](C)CC)C3C1=O. The molecule has 4 aliphatic rings. The summed E-state index contributed by atoms with van der Waals surface area (Å²) < 4.78 is 6.71. The smallest absolute Gasteiger partial charge is 0.249 e. The number of carbonyl (C=O) groups excluding carboxylic acids is 3. The minimum atomic E-state index is -1.27. The molecule has 1 aromatic carbocycles. The maximum absolute atomic E-state index is 14.4. The molecule has 0 bridgehead atoms. The van der Waals surface area contributed by atoms with Gasteiger partial charge >= 0.3 is 0 Å². The van der Waals surface area contributed by atoms with Crippen molar-refractivity contribution in [2.75, 3.05) is 31.1 Å². The number of benzene rings is 1. The summed E-state index contributed by atoms with van der Waals surface area (Å²) in [6.45, 7) is 7.21. The van der Waals surface area contributed by atoms with Crippen molar-refractivity contribution >= 4 is 23.4 Å². The van der Waals surface area contributed by atoms with Crippen LogP contribution in [0.4, 0.5) is 5.69 Å². The fourth-order valence-electron chi connectivity index (χ4n) is 6.68. The number of amides is 3. The first-order chi connectivity index (χ1) is 18.4. The second kappa shape index (κ2) is 10.7. The third kappa shape index (κ3) is 4.09. The van der Waals surface area contributed by atoms with Crippen LogP contribution < -0.4 is 4.90 Å². The minimum Gasteiger partial charge on any atom is -0.394 e. The standard InChI is InChI=1S/C30H39N3O5/c1-4-6-16-31-17-11-15-30-25(28(36)33(26(30)29(31)37)22(19-34)20(3)5-2)24-23(38-30)14-10-18-32(27(24)35)21-12-8-7-9-13-21/h7-15,20,22-26,34H,4-6,16-19H2,1-3H3/t20-,22-,23+,24-,25-,26?,30-/m0/s1. The molecule has 0 radical (unpaired) electrons. The predicted octanol–water partition coefficient (Wildman–Crippen LogP) is 2.78. The van der Waals surface area contributed by atoms with Gasteiger partial charge in [0.25, 0.3) is 0 Å². The van der Waals surface area contributed by atoms with Gasteiger partial charge in [-0.25, -0.2) is 0 Å². The molecule has 1 unspecified atom stereocenters. The minimum absolute atomic E-state index is 0.0368. The van der Waals surface area contributed by atoms with Crippen LogP contribution in [-0.4, -0.2) is 82.7 Å². The summed E-state index contributed by atoms with van der Waals surface area (Å²) in [6, 6.07) is 7.96.